The Morgan fingerprint density at radius 3 is 2.32 bits per heavy atom. The first kappa shape index (κ1) is 21.5. The minimum Gasteiger partial charge on any atom is -0.397 e. The van der Waals surface area contributed by atoms with Gasteiger partial charge in [-0.1, -0.05) is 30.3 Å². The Kier molecular flexibility index (Phi) is 7.32. The van der Waals surface area contributed by atoms with E-state index in [4.69, 9.17) is 4.18 Å². The van der Waals surface area contributed by atoms with Crippen molar-refractivity contribution < 1.29 is 13.2 Å². The van der Waals surface area contributed by atoms with Crippen LogP contribution in [0.4, 0.5) is 5.69 Å². The number of anilines is 1. The predicted octanol–water partition coefficient (Wildman–Crippen LogP) is 2.71. The van der Waals surface area contributed by atoms with Crippen LogP contribution in [0.25, 0.3) is 6.08 Å². The van der Waals surface area contributed by atoms with Crippen LogP contribution < -0.4 is 4.90 Å². The number of piperidine rings is 1. The molecular weight excluding hydrogens is 412 g/mol. The number of rotatable bonds is 6. The molecule has 8 heteroatoms. The van der Waals surface area contributed by atoms with Gasteiger partial charge in [-0.2, -0.15) is 8.51 Å². The van der Waals surface area contributed by atoms with Gasteiger partial charge < -0.3 is 14.0 Å². The molecule has 1 amide bonds. The Morgan fingerprint density at radius 1 is 0.968 bits per heavy atom. The molecule has 0 saturated carbocycles. The largest absolute Gasteiger partial charge is 0.397 e. The molecule has 0 radical (unpaired) electrons. The highest BCUT2D eigenvalue weighted by molar-refractivity contribution is 7.77. The highest BCUT2D eigenvalue weighted by atomic mass is 32.2. The molecule has 31 heavy (non-hydrogen) atoms. The zero-order valence-corrected chi connectivity index (χ0v) is 18.3. The molecule has 1 aromatic heterocycles. The summed E-state index contributed by atoms with van der Waals surface area (Å²) in [5.41, 5.74) is 2.16. The van der Waals surface area contributed by atoms with Gasteiger partial charge in [0.05, 0.1) is 0 Å². The lowest BCUT2D eigenvalue weighted by Crippen LogP contribution is -2.52. The van der Waals surface area contributed by atoms with Gasteiger partial charge in [0, 0.05) is 63.3 Å². The van der Waals surface area contributed by atoms with Crippen molar-refractivity contribution in [3.8, 4) is 0 Å². The van der Waals surface area contributed by atoms with Crippen LogP contribution in [0, 0.1) is 5.92 Å². The second kappa shape index (κ2) is 10.5. The lowest BCUT2D eigenvalue weighted by Gasteiger charge is -2.38. The van der Waals surface area contributed by atoms with Gasteiger partial charge in [0.2, 0.25) is 5.91 Å². The van der Waals surface area contributed by atoms with E-state index in [0.29, 0.717) is 26.2 Å². The normalized spacial score (nSPS) is 19.5. The van der Waals surface area contributed by atoms with E-state index >= 15 is 0 Å². The second-order valence-corrected chi connectivity index (χ2v) is 8.89. The number of nitrogens with zero attached hydrogens (tertiary/aromatic N) is 4. The van der Waals surface area contributed by atoms with Crippen molar-refractivity contribution >= 4 is 28.9 Å². The molecule has 4 rings (SSSR count). The van der Waals surface area contributed by atoms with E-state index in [1.807, 2.05) is 47.4 Å². The summed E-state index contributed by atoms with van der Waals surface area (Å²) in [7, 11) is 0. The summed E-state index contributed by atoms with van der Waals surface area (Å²) in [5.74, 6) is 0.296. The Labute approximate surface area is 186 Å². The third-order valence-electron chi connectivity index (χ3n) is 5.83. The van der Waals surface area contributed by atoms with Crippen LogP contribution in [-0.2, 0) is 20.2 Å². The maximum atomic E-state index is 13.0. The van der Waals surface area contributed by atoms with E-state index in [9.17, 15) is 9.00 Å². The van der Waals surface area contributed by atoms with Crippen LogP contribution in [0.1, 0.15) is 18.4 Å². The van der Waals surface area contributed by atoms with Crippen LogP contribution in [0.5, 0.6) is 0 Å². The molecular formula is C23H28N4O3S. The van der Waals surface area contributed by atoms with Crippen LogP contribution in [0.15, 0.2) is 61.1 Å². The third-order valence-corrected chi connectivity index (χ3v) is 6.89. The quantitative estimate of drug-likeness (QED) is 0.647. The van der Waals surface area contributed by atoms with E-state index in [1.165, 1.54) is 11.9 Å². The molecule has 1 unspecified atom stereocenters. The maximum absolute atomic E-state index is 13.0. The second-order valence-electron chi connectivity index (χ2n) is 7.75. The Balaban J connectivity index is 1.20. The molecule has 0 N–H and O–H groups in total. The molecule has 0 bridgehead atoms. The van der Waals surface area contributed by atoms with Crippen molar-refractivity contribution in [1.82, 2.24) is 14.2 Å². The summed E-state index contributed by atoms with van der Waals surface area (Å²) in [6.07, 6.45) is 8.59. The van der Waals surface area contributed by atoms with Gasteiger partial charge in [0.25, 0.3) is 11.3 Å². The maximum Gasteiger partial charge on any atom is 0.290 e. The molecule has 0 spiro atoms. The molecule has 1 atom stereocenters. The number of hydrogen-bond donors (Lipinski definition) is 0. The Morgan fingerprint density at radius 2 is 1.65 bits per heavy atom. The average molecular weight is 441 g/mol. The van der Waals surface area contributed by atoms with Gasteiger partial charge in [-0.15, -0.1) is 0 Å². The first-order valence-electron chi connectivity index (χ1n) is 10.7. The number of aromatic nitrogens is 1. The summed E-state index contributed by atoms with van der Waals surface area (Å²) in [5, 5.41) is 0. The van der Waals surface area contributed by atoms with E-state index in [-0.39, 0.29) is 11.8 Å². The van der Waals surface area contributed by atoms with Crippen molar-refractivity contribution in [1.29, 1.82) is 0 Å². The standard InChI is InChI=1S/C23H28N4O3S/c28-23(21-8-13-25(14-9-21)22-6-11-24-12-7-22)26-15-17-27(18-16-26)31(29)30-19-10-20-4-2-1-3-5-20/h1-7,10-12,19,21H,8-9,13-18H2/b19-10+. The number of hydrogen-bond acceptors (Lipinski definition) is 5. The van der Waals surface area contributed by atoms with Crippen LogP contribution >= 0.6 is 0 Å². The third kappa shape index (κ3) is 5.71. The summed E-state index contributed by atoms with van der Waals surface area (Å²) >= 11 is -1.54. The van der Waals surface area contributed by atoms with Crippen molar-refractivity contribution in [2.45, 2.75) is 12.8 Å². The molecule has 164 valence electrons. The predicted molar refractivity (Wildman–Crippen MR) is 122 cm³/mol. The van der Waals surface area contributed by atoms with Gasteiger partial charge in [-0.05, 0) is 36.6 Å². The monoisotopic (exact) mass is 440 g/mol. The smallest absolute Gasteiger partial charge is 0.290 e. The van der Waals surface area contributed by atoms with Crippen molar-refractivity contribution in [2.75, 3.05) is 44.2 Å². The summed E-state index contributed by atoms with van der Waals surface area (Å²) in [4.78, 5) is 21.3. The molecule has 2 aromatic rings. The fourth-order valence-corrected chi connectivity index (χ4v) is 4.77. The van der Waals surface area contributed by atoms with Gasteiger partial charge in [-0.3, -0.25) is 9.78 Å². The fourth-order valence-electron chi connectivity index (χ4n) is 4.03. The van der Waals surface area contributed by atoms with E-state index in [1.54, 1.807) is 22.8 Å². The van der Waals surface area contributed by atoms with Crippen LogP contribution in [0.2, 0.25) is 0 Å². The van der Waals surface area contributed by atoms with Gasteiger partial charge in [0.1, 0.15) is 6.26 Å². The molecule has 7 nitrogen and oxygen atoms in total. The number of benzene rings is 1. The molecule has 2 fully saturated rings. The van der Waals surface area contributed by atoms with Crippen LogP contribution in [-0.4, -0.2) is 63.6 Å². The van der Waals surface area contributed by atoms with Gasteiger partial charge in [0.15, 0.2) is 0 Å². The van der Waals surface area contributed by atoms with E-state index < -0.39 is 11.3 Å². The number of carbonyl (C=O) groups excluding carboxylic acids is 1. The lowest BCUT2D eigenvalue weighted by atomic mass is 9.94. The van der Waals surface area contributed by atoms with Crippen LogP contribution in [0.3, 0.4) is 0 Å². The zero-order valence-electron chi connectivity index (χ0n) is 17.5. The minimum atomic E-state index is -1.54. The van der Waals surface area contributed by atoms with Crippen molar-refractivity contribution in [2.24, 2.45) is 5.92 Å². The Bertz CT molecular complexity index is 894. The summed E-state index contributed by atoms with van der Waals surface area (Å²) in [6.45, 7) is 4.03. The van der Waals surface area contributed by atoms with Crippen molar-refractivity contribution in [3.63, 3.8) is 0 Å². The molecule has 1 aromatic carbocycles. The van der Waals surface area contributed by atoms with E-state index in [2.05, 4.69) is 9.88 Å². The molecule has 2 aliphatic rings. The van der Waals surface area contributed by atoms with E-state index in [0.717, 1.165) is 31.5 Å². The lowest BCUT2D eigenvalue weighted by molar-refractivity contribution is -0.137. The number of amides is 1. The highest BCUT2D eigenvalue weighted by Gasteiger charge is 2.31. The molecule has 2 saturated heterocycles. The highest BCUT2D eigenvalue weighted by Crippen LogP contribution is 2.24. The molecule has 0 aliphatic carbocycles. The first-order valence-corrected chi connectivity index (χ1v) is 11.7. The summed E-state index contributed by atoms with van der Waals surface area (Å²) < 4.78 is 19.5. The van der Waals surface area contributed by atoms with Gasteiger partial charge in [-0.25, -0.2) is 0 Å². The number of piperazine rings is 1. The average Bonchev–Trinajstić information content (AvgIpc) is 2.85. The zero-order chi connectivity index (χ0) is 21.5. The summed E-state index contributed by atoms with van der Waals surface area (Å²) in [6, 6.07) is 13.8. The van der Waals surface area contributed by atoms with Gasteiger partial charge >= 0.3 is 0 Å². The molecule has 2 aliphatic heterocycles. The first-order chi connectivity index (χ1) is 15.2. The fraction of sp³-hybridized carbons (Fsp3) is 0.391. The molecule has 3 heterocycles. The topological polar surface area (TPSA) is 66.0 Å². The minimum absolute atomic E-state index is 0.0696. The Hall–Kier alpha value is -2.71. The SMILES string of the molecule is O=C(C1CCN(c2ccncc2)CC1)N1CCN(S(=O)O/C=C/c2ccccc2)CC1. The van der Waals surface area contributed by atoms with Crippen molar-refractivity contribution in [3.05, 3.63) is 66.7 Å². The number of carbonyl (C=O) groups is 1. The number of pyridine rings is 1.